The van der Waals surface area contributed by atoms with E-state index < -0.39 is 0 Å². The number of nitrogens with one attached hydrogen (secondary N) is 1. The molecule has 1 aliphatic heterocycles. The Hall–Kier alpha value is -0.540. The van der Waals surface area contributed by atoms with E-state index in [1.165, 1.54) is 53.5 Å². The van der Waals surface area contributed by atoms with Gasteiger partial charge in [0.25, 0.3) is 0 Å². The molecule has 1 N–H and O–H groups in total. The van der Waals surface area contributed by atoms with Crippen molar-refractivity contribution in [2.45, 2.75) is 44.6 Å². The van der Waals surface area contributed by atoms with Gasteiger partial charge in [-0.15, -0.1) is 0 Å². The van der Waals surface area contributed by atoms with Crippen LogP contribution in [0.5, 0.6) is 5.75 Å². The minimum atomic E-state index is 0.708. The van der Waals surface area contributed by atoms with Crippen molar-refractivity contribution in [2.24, 2.45) is 5.92 Å². The van der Waals surface area contributed by atoms with Crippen LogP contribution < -0.4 is 10.1 Å². The van der Waals surface area contributed by atoms with Gasteiger partial charge in [-0.05, 0) is 55.5 Å². The SMILES string of the molecule is CNC1CCCC(Cc2cc(Br)cc3c2OCC3)C1. The summed E-state index contributed by atoms with van der Waals surface area (Å²) in [7, 11) is 2.09. The van der Waals surface area contributed by atoms with Crippen molar-refractivity contribution in [3.63, 3.8) is 0 Å². The van der Waals surface area contributed by atoms with Gasteiger partial charge >= 0.3 is 0 Å². The third kappa shape index (κ3) is 2.97. The average Bonchev–Trinajstić information content (AvgIpc) is 2.87. The summed E-state index contributed by atoms with van der Waals surface area (Å²) in [5.74, 6) is 1.98. The lowest BCUT2D eigenvalue weighted by Gasteiger charge is -2.29. The van der Waals surface area contributed by atoms with E-state index in [1.807, 2.05) is 0 Å². The zero-order valence-corrected chi connectivity index (χ0v) is 13.1. The van der Waals surface area contributed by atoms with Gasteiger partial charge in [0, 0.05) is 16.9 Å². The molecule has 0 radical (unpaired) electrons. The molecule has 3 rings (SSSR count). The van der Waals surface area contributed by atoms with Crippen LogP contribution in [0.3, 0.4) is 0 Å². The van der Waals surface area contributed by atoms with Crippen LogP contribution in [0.4, 0.5) is 0 Å². The Labute approximate surface area is 124 Å². The van der Waals surface area contributed by atoms with E-state index in [9.17, 15) is 0 Å². The maximum absolute atomic E-state index is 5.84. The molecule has 2 aliphatic rings. The van der Waals surface area contributed by atoms with Gasteiger partial charge < -0.3 is 10.1 Å². The lowest BCUT2D eigenvalue weighted by atomic mass is 9.82. The topological polar surface area (TPSA) is 21.3 Å². The smallest absolute Gasteiger partial charge is 0.125 e. The summed E-state index contributed by atoms with van der Waals surface area (Å²) in [6.07, 6.45) is 7.58. The molecule has 1 fully saturated rings. The van der Waals surface area contributed by atoms with E-state index in [4.69, 9.17) is 4.74 Å². The highest BCUT2D eigenvalue weighted by Gasteiger charge is 2.24. The van der Waals surface area contributed by atoms with E-state index >= 15 is 0 Å². The molecule has 1 saturated carbocycles. The first-order valence-corrected chi connectivity index (χ1v) is 8.17. The molecule has 0 saturated heterocycles. The number of benzene rings is 1. The minimum Gasteiger partial charge on any atom is -0.493 e. The Morgan fingerprint density at radius 3 is 3.11 bits per heavy atom. The number of hydrogen-bond donors (Lipinski definition) is 1. The molecule has 1 aromatic carbocycles. The maximum atomic E-state index is 5.84. The van der Waals surface area contributed by atoms with E-state index in [-0.39, 0.29) is 0 Å². The van der Waals surface area contributed by atoms with Crippen LogP contribution in [0, 0.1) is 5.92 Å². The van der Waals surface area contributed by atoms with E-state index in [1.54, 1.807) is 0 Å². The van der Waals surface area contributed by atoms with Crippen molar-refractivity contribution >= 4 is 15.9 Å². The van der Waals surface area contributed by atoms with Crippen molar-refractivity contribution in [2.75, 3.05) is 13.7 Å². The highest BCUT2D eigenvalue weighted by molar-refractivity contribution is 9.10. The predicted octanol–water partition coefficient (Wildman–Crippen LogP) is 3.70. The molecule has 1 aliphatic carbocycles. The standard InChI is InChI=1S/C16H22BrNO/c1-18-15-4-2-3-11(8-15)7-13-10-14(17)9-12-5-6-19-16(12)13/h9-11,15,18H,2-8H2,1H3. The second-order valence-corrected chi connectivity index (χ2v) is 6.79. The molecule has 3 heteroatoms. The Bertz CT molecular complexity index is 460. The molecule has 0 bridgehead atoms. The molecule has 104 valence electrons. The monoisotopic (exact) mass is 323 g/mol. The van der Waals surface area contributed by atoms with Crippen molar-refractivity contribution in [1.29, 1.82) is 0 Å². The summed E-state index contributed by atoms with van der Waals surface area (Å²) in [6.45, 7) is 0.850. The highest BCUT2D eigenvalue weighted by Crippen LogP contribution is 2.36. The summed E-state index contributed by atoms with van der Waals surface area (Å²) < 4.78 is 7.04. The van der Waals surface area contributed by atoms with Gasteiger partial charge in [-0.1, -0.05) is 28.8 Å². The fourth-order valence-corrected chi connectivity index (χ4v) is 4.10. The zero-order chi connectivity index (χ0) is 13.2. The van der Waals surface area contributed by atoms with Crippen molar-refractivity contribution in [1.82, 2.24) is 5.32 Å². The van der Waals surface area contributed by atoms with Crippen LogP contribution in [-0.2, 0) is 12.8 Å². The molecular weight excluding hydrogens is 302 g/mol. The van der Waals surface area contributed by atoms with Gasteiger partial charge in [0.2, 0.25) is 0 Å². The molecular formula is C16H22BrNO. The van der Waals surface area contributed by atoms with E-state index in [0.717, 1.165) is 18.9 Å². The first kappa shape index (κ1) is 13.4. The second-order valence-electron chi connectivity index (χ2n) is 5.87. The fourth-order valence-electron chi connectivity index (χ4n) is 3.55. The molecule has 0 spiro atoms. The Morgan fingerprint density at radius 1 is 1.37 bits per heavy atom. The maximum Gasteiger partial charge on any atom is 0.125 e. The van der Waals surface area contributed by atoms with Crippen LogP contribution in [-0.4, -0.2) is 19.7 Å². The predicted molar refractivity (Wildman–Crippen MR) is 81.9 cm³/mol. The number of hydrogen-bond acceptors (Lipinski definition) is 2. The number of rotatable bonds is 3. The van der Waals surface area contributed by atoms with Gasteiger partial charge in [-0.2, -0.15) is 0 Å². The summed E-state index contributed by atoms with van der Waals surface area (Å²) in [4.78, 5) is 0. The van der Waals surface area contributed by atoms with Crippen LogP contribution in [0.15, 0.2) is 16.6 Å². The molecule has 0 amide bonds. The summed E-state index contributed by atoms with van der Waals surface area (Å²) in [6, 6.07) is 5.18. The minimum absolute atomic E-state index is 0.708. The van der Waals surface area contributed by atoms with Gasteiger partial charge in [0.15, 0.2) is 0 Å². The van der Waals surface area contributed by atoms with Crippen LogP contribution in [0.2, 0.25) is 0 Å². The van der Waals surface area contributed by atoms with Gasteiger partial charge in [-0.3, -0.25) is 0 Å². The third-order valence-electron chi connectivity index (χ3n) is 4.52. The molecule has 2 nitrogen and oxygen atoms in total. The molecule has 2 atom stereocenters. The zero-order valence-electron chi connectivity index (χ0n) is 11.5. The normalized spacial score (nSPS) is 26.0. The van der Waals surface area contributed by atoms with Crippen molar-refractivity contribution < 1.29 is 4.74 Å². The number of halogens is 1. The number of ether oxygens (including phenoxy) is 1. The van der Waals surface area contributed by atoms with Crippen LogP contribution in [0.1, 0.15) is 36.8 Å². The van der Waals surface area contributed by atoms with Crippen molar-refractivity contribution in [3.8, 4) is 5.75 Å². The largest absolute Gasteiger partial charge is 0.493 e. The quantitative estimate of drug-likeness (QED) is 0.915. The first-order chi connectivity index (χ1) is 9.26. The molecule has 0 aromatic heterocycles. The van der Waals surface area contributed by atoms with E-state index in [2.05, 4.69) is 40.4 Å². The van der Waals surface area contributed by atoms with E-state index in [0.29, 0.717) is 6.04 Å². The Morgan fingerprint density at radius 2 is 2.26 bits per heavy atom. The second kappa shape index (κ2) is 5.84. The fraction of sp³-hybridized carbons (Fsp3) is 0.625. The summed E-state index contributed by atoms with van der Waals surface area (Å²) in [5, 5.41) is 3.44. The van der Waals surface area contributed by atoms with Crippen molar-refractivity contribution in [3.05, 3.63) is 27.7 Å². The van der Waals surface area contributed by atoms with Gasteiger partial charge in [-0.25, -0.2) is 0 Å². The summed E-state index contributed by atoms with van der Waals surface area (Å²) >= 11 is 3.64. The summed E-state index contributed by atoms with van der Waals surface area (Å²) in [5.41, 5.74) is 2.79. The third-order valence-corrected chi connectivity index (χ3v) is 4.98. The first-order valence-electron chi connectivity index (χ1n) is 7.37. The molecule has 2 unspecified atom stereocenters. The molecule has 1 heterocycles. The lowest BCUT2D eigenvalue weighted by molar-refractivity contribution is 0.290. The Kier molecular flexibility index (Phi) is 4.13. The highest BCUT2D eigenvalue weighted by atomic mass is 79.9. The molecule has 19 heavy (non-hydrogen) atoms. The number of fused-ring (bicyclic) bond motifs is 1. The van der Waals surface area contributed by atoms with Gasteiger partial charge in [0.1, 0.15) is 5.75 Å². The van der Waals surface area contributed by atoms with Gasteiger partial charge in [0.05, 0.1) is 6.61 Å². The molecule has 1 aromatic rings. The Balaban J connectivity index is 1.76. The van der Waals surface area contributed by atoms with Crippen LogP contribution in [0.25, 0.3) is 0 Å². The van der Waals surface area contributed by atoms with Crippen LogP contribution >= 0.6 is 15.9 Å². The lowest BCUT2D eigenvalue weighted by Crippen LogP contribution is -2.32. The average molecular weight is 324 g/mol.